The van der Waals surface area contributed by atoms with E-state index in [-0.39, 0.29) is 0 Å². The number of piperidine rings is 1. The Hall–Kier alpha value is -0.430. The Kier molecular flexibility index (Phi) is 5.00. The van der Waals surface area contributed by atoms with Gasteiger partial charge in [0.2, 0.25) is 10.0 Å². The molecule has 1 aliphatic heterocycles. The summed E-state index contributed by atoms with van der Waals surface area (Å²) in [7, 11) is -3.31. The van der Waals surface area contributed by atoms with Gasteiger partial charge in [-0.25, -0.2) is 13.1 Å². The lowest BCUT2D eigenvalue weighted by molar-refractivity contribution is 0.358. The first-order valence-electron chi connectivity index (χ1n) is 6.76. The molecule has 0 amide bonds. The Morgan fingerprint density at radius 2 is 2.26 bits per heavy atom. The van der Waals surface area contributed by atoms with Crippen LogP contribution >= 0.6 is 11.3 Å². The number of hydrogen-bond acceptors (Lipinski definition) is 4. The molecule has 6 heteroatoms. The molecule has 0 saturated carbocycles. The molecular weight excluding hydrogens is 280 g/mol. The van der Waals surface area contributed by atoms with Gasteiger partial charge in [-0.3, -0.25) is 0 Å². The van der Waals surface area contributed by atoms with Gasteiger partial charge in [-0.05, 0) is 63.7 Å². The molecule has 0 unspecified atom stereocenters. The van der Waals surface area contributed by atoms with E-state index in [0.29, 0.717) is 16.7 Å². The van der Waals surface area contributed by atoms with Crippen molar-refractivity contribution in [2.24, 2.45) is 5.92 Å². The molecule has 0 radical (unpaired) electrons. The van der Waals surface area contributed by atoms with Crippen LogP contribution < -0.4 is 10.0 Å². The maximum atomic E-state index is 12.1. The Morgan fingerprint density at radius 1 is 1.47 bits per heavy atom. The second kappa shape index (κ2) is 6.35. The number of aryl methyl sites for hydroxylation is 2. The van der Waals surface area contributed by atoms with Crippen molar-refractivity contribution >= 4 is 21.4 Å². The van der Waals surface area contributed by atoms with Gasteiger partial charge in [0.15, 0.2) is 0 Å². The molecule has 2 rings (SSSR count). The van der Waals surface area contributed by atoms with Crippen LogP contribution in [-0.2, 0) is 10.0 Å². The van der Waals surface area contributed by atoms with E-state index >= 15 is 0 Å². The SMILES string of the molecule is Cc1cc(S(=O)(=O)NCC[C@H]2CCCNC2)sc1C. The number of thiophene rings is 1. The van der Waals surface area contributed by atoms with Crippen molar-refractivity contribution in [2.45, 2.75) is 37.3 Å². The molecule has 0 aromatic carbocycles. The molecule has 1 aromatic heterocycles. The monoisotopic (exact) mass is 302 g/mol. The lowest BCUT2D eigenvalue weighted by atomic mass is 9.96. The van der Waals surface area contributed by atoms with Crippen LogP contribution in [0.25, 0.3) is 0 Å². The molecule has 19 heavy (non-hydrogen) atoms. The standard InChI is InChI=1S/C13H22N2O2S2/c1-10-8-13(18-11(10)2)19(16,17)15-7-5-12-4-3-6-14-9-12/h8,12,14-15H,3-7,9H2,1-2H3/t12-/m1/s1. The quantitative estimate of drug-likeness (QED) is 0.875. The number of rotatable bonds is 5. The zero-order valence-electron chi connectivity index (χ0n) is 11.5. The summed E-state index contributed by atoms with van der Waals surface area (Å²) >= 11 is 1.34. The van der Waals surface area contributed by atoms with E-state index in [0.717, 1.165) is 30.0 Å². The molecule has 108 valence electrons. The smallest absolute Gasteiger partial charge is 0.250 e. The van der Waals surface area contributed by atoms with E-state index in [2.05, 4.69) is 10.0 Å². The van der Waals surface area contributed by atoms with Crippen molar-refractivity contribution in [3.8, 4) is 0 Å². The molecule has 1 aromatic rings. The third-order valence-corrected chi connectivity index (χ3v) is 6.74. The summed E-state index contributed by atoms with van der Waals surface area (Å²) in [5.74, 6) is 0.600. The Balaban J connectivity index is 1.87. The molecule has 0 bridgehead atoms. The van der Waals surface area contributed by atoms with Crippen LogP contribution in [0.2, 0.25) is 0 Å². The molecule has 0 aliphatic carbocycles. The molecule has 1 fully saturated rings. The lowest BCUT2D eigenvalue weighted by Crippen LogP contribution is -2.33. The van der Waals surface area contributed by atoms with E-state index in [9.17, 15) is 8.42 Å². The van der Waals surface area contributed by atoms with Crippen molar-refractivity contribution < 1.29 is 8.42 Å². The van der Waals surface area contributed by atoms with Crippen molar-refractivity contribution in [2.75, 3.05) is 19.6 Å². The fourth-order valence-corrected chi connectivity index (χ4v) is 4.92. The van der Waals surface area contributed by atoms with E-state index in [1.54, 1.807) is 6.07 Å². The number of nitrogens with one attached hydrogen (secondary N) is 2. The highest BCUT2D eigenvalue weighted by Gasteiger charge is 2.19. The van der Waals surface area contributed by atoms with Crippen molar-refractivity contribution in [3.63, 3.8) is 0 Å². The predicted molar refractivity (Wildman–Crippen MR) is 79.2 cm³/mol. The summed E-state index contributed by atoms with van der Waals surface area (Å²) in [5.41, 5.74) is 1.04. The molecule has 2 N–H and O–H groups in total. The fraction of sp³-hybridized carbons (Fsp3) is 0.692. The second-order valence-electron chi connectivity index (χ2n) is 5.20. The summed E-state index contributed by atoms with van der Waals surface area (Å²) in [6.07, 6.45) is 3.31. The van der Waals surface area contributed by atoms with E-state index in [4.69, 9.17) is 0 Å². The van der Waals surface area contributed by atoms with Crippen LogP contribution in [0.4, 0.5) is 0 Å². The first kappa shape index (κ1) is 15.0. The molecular formula is C13H22N2O2S2. The predicted octanol–water partition coefficient (Wildman–Crippen LogP) is 2.03. The largest absolute Gasteiger partial charge is 0.316 e. The Morgan fingerprint density at radius 3 is 2.84 bits per heavy atom. The molecule has 0 spiro atoms. The number of hydrogen-bond donors (Lipinski definition) is 2. The van der Waals surface area contributed by atoms with Crippen molar-refractivity contribution in [1.82, 2.24) is 10.0 Å². The minimum atomic E-state index is -3.31. The number of sulfonamides is 1. The van der Waals surface area contributed by atoms with Crippen molar-refractivity contribution in [3.05, 3.63) is 16.5 Å². The zero-order chi connectivity index (χ0) is 13.9. The van der Waals surface area contributed by atoms with Gasteiger partial charge in [0.25, 0.3) is 0 Å². The second-order valence-corrected chi connectivity index (χ2v) is 8.45. The molecule has 1 saturated heterocycles. The highest BCUT2D eigenvalue weighted by atomic mass is 32.2. The molecule has 1 atom stereocenters. The summed E-state index contributed by atoms with van der Waals surface area (Å²) in [4.78, 5) is 1.07. The van der Waals surface area contributed by atoms with E-state index < -0.39 is 10.0 Å². The summed E-state index contributed by atoms with van der Waals surface area (Å²) < 4.78 is 27.4. The third kappa shape index (κ3) is 4.02. The summed E-state index contributed by atoms with van der Waals surface area (Å²) in [6, 6.07) is 1.75. The maximum absolute atomic E-state index is 12.1. The van der Waals surface area contributed by atoms with Gasteiger partial charge in [-0.15, -0.1) is 11.3 Å². The minimum absolute atomic E-state index is 0.435. The van der Waals surface area contributed by atoms with Crippen molar-refractivity contribution in [1.29, 1.82) is 0 Å². The first-order valence-corrected chi connectivity index (χ1v) is 9.06. The van der Waals surface area contributed by atoms with Crippen LogP contribution in [-0.4, -0.2) is 28.1 Å². The van der Waals surface area contributed by atoms with Gasteiger partial charge in [0.1, 0.15) is 4.21 Å². The van der Waals surface area contributed by atoms with Crippen LogP contribution in [0.5, 0.6) is 0 Å². The van der Waals surface area contributed by atoms with Gasteiger partial charge in [0, 0.05) is 11.4 Å². The summed E-state index contributed by atoms with van der Waals surface area (Å²) in [6.45, 7) is 6.53. The van der Waals surface area contributed by atoms with Gasteiger partial charge in [-0.2, -0.15) is 0 Å². The Bertz CT molecular complexity index is 497. The van der Waals surface area contributed by atoms with E-state index in [1.165, 1.54) is 24.2 Å². The first-order chi connectivity index (χ1) is 8.99. The van der Waals surface area contributed by atoms with Gasteiger partial charge in [0.05, 0.1) is 0 Å². The van der Waals surface area contributed by atoms with Gasteiger partial charge >= 0.3 is 0 Å². The Labute approximate surface area is 119 Å². The van der Waals surface area contributed by atoms with Gasteiger partial charge in [-0.1, -0.05) is 0 Å². The normalized spacial score (nSPS) is 20.6. The van der Waals surface area contributed by atoms with Crippen LogP contribution in [0, 0.1) is 19.8 Å². The average molecular weight is 302 g/mol. The lowest BCUT2D eigenvalue weighted by Gasteiger charge is -2.22. The zero-order valence-corrected chi connectivity index (χ0v) is 13.2. The topological polar surface area (TPSA) is 58.2 Å². The molecule has 4 nitrogen and oxygen atoms in total. The highest BCUT2D eigenvalue weighted by Crippen LogP contribution is 2.24. The molecule has 1 aliphatic rings. The fourth-order valence-electron chi connectivity index (χ4n) is 2.31. The minimum Gasteiger partial charge on any atom is -0.316 e. The van der Waals surface area contributed by atoms with E-state index in [1.807, 2.05) is 13.8 Å². The maximum Gasteiger partial charge on any atom is 0.250 e. The average Bonchev–Trinajstić information content (AvgIpc) is 2.72. The third-order valence-electron chi connectivity index (χ3n) is 3.65. The van der Waals surface area contributed by atoms with Crippen LogP contribution in [0.15, 0.2) is 10.3 Å². The van der Waals surface area contributed by atoms with Crippen LogP contribution in [0.1, 0.15) is 29.7 Å². The summed E-state index contributed by atoms with van der Waals surface area (Å²) in [5, 5.41) is 3.35. The highest BCUT2D eigenvalue weighted by molar-refractivity contribution is 7.91. The molecule has 2 heterocycles. The van der Waals surface area contributed by atoms with Crippen LogP contribution in [0.3, 0.4) is 0 Å². The van der Waals surface area contributed by atoms with Gasteiger partial charge < -0.3 is 5.32 Å².